The summed E-state index contributed by atoms with van der Waals surface area (Å²) in [6.07, 6.45) is 2.26. The van der Waals surface area contributed by atoms with Gasteiger partial charge >= 0.3 is 0 Å². The molecule has 1 aromatic heterocycles. The monoisotopic (exact) mass is 314 g/mol. The maximum atomic E-state index is 9.04. The average molecular weight is 315 g/mol. The molecule has 1 fully saturated rings. The lowest BCUT2D eigenvalue weighted by molar-refractivity contribution is 0.248. The van der Waals surface area contributed by atoms with E-state index in [2.05, 4.69) is 22.1 Å². The number of hydrogen-bond donors (Lipinski definition) is 0. The number of hydrogen-bond acceptors (Lipinski definition) is 3. The van der Waals surface area contributed by atoms with E-state index < -0.39 is 0 Å². The van der Waals surface area contributed by atoms with Crippen molar-refractivity contribution in [3.8, 4) is 6.07 Å². The number of rotatable bonds is 3. The van der Waals surface area contributed by atoms with E-state index in [9.17, 15) is 0 Å². The largest absolute Gasteiger partial charge is 0.292 e. The first-order valence-electron chi connectivity index (χ1n) is 7.52. The number of halogens is 1. The zero-order valence-electron chi connectivity index (χ0n) is 12.9. The number of likely N-dealkylation sites (tertiary alicyclic amines) is 1. The number of nitrogens with zero attached hydrogens (tertiary/aromatic N) is 4. The Morgan fingerprint density at radius 3 is 2.95 bits per heavy atom. The molecule has 0 N–H and O–H groups in total. The number of aromatic nitrogens is 2. The van der Waals surface area contributed by atoms with E-state index in [1.54, 1.807) is 4.68 Å². The fourth-order valence-corrected chi connectivity index (χ4v) is 3.64. The van der Waals surface area contributed by atoms with E-state index in [1.165, 1.54) is 5.56 Å². The van der Waals surface area contributed by atoms with Gasteiger partial charge in [-0.1, -0.05) is 23.7 Å². The van der Waals surface area contributed by atoms with Crippen LogP contribution in [-0.2, 0) is 13.6 Å². The molecule has 0 bridgehead atoms. The van der Waals surface area contributed by atoms with Crippen molar-refractivity contribution in [1.82, 2.24) is 14.7 Å². The first-order chi connectivity index (χ1) is 10.6. The van der Waals surface area contributed by atoms with Crippen LogP contribution in [0.15, 0.2) is 24.3 Å². The predicted octanol–water partition coefficient (Wildman–Crippen LogP) is 3.59. The highest BCUT2D eigenvalue weighted by Gasteiger charge is 2.30. The standard InChI is InChI=1S/C17H19ClN4/c1-12-16(17(18)21(2)20-12)15-7-4-8-22(15)11-14-6-3-5-13(9-14)10-19/h3,5-6,9,15H,4,7-8,11H2,1-2H3/t15-/m0/s1. The molecule has 2 heterocycles. The van der Waals surface area contributed by atoms with Crippen molar-refractivity contribution in [2.45, 2.75) is 32.4 Å². The van der Waals surface area contributed by atoms with Gasteiger partial charge in [-0.15, -0.1) is 0 Å². The third-order valence-corrected chi connectivity index (χ3v) is 4.78. The molecular formula is C17H19ClN4. The molecule has 1 aliphatic heterocycles. The van der Waals surface area contributed by atoms with E-state index in [1.807, 2.05) is 32.2 Å². The van der Waals surface area contributed by atoms with Crippen LogP contribution in [0.1, 0.15) is 41.3 Å². The van der Waals surface area contributed by atoms with E-state index >= 15 is 0 Å². The summed E-state index contributed by atoms with van der Waals surface area (Å²) in [6, 6.07) is 10.3. The molecule has 3 rings (SSSR count). The second-order valence-corrected chi connectivity index (χ2v) is 6.21. The Balaban J connectivity index is 1.86. The minimum Gasteiger partial charge on any atom is -0.292 e. The molecular weight excluding hydrogens is 296 g/mol. The van der Waals surface area contributed by atoms with Crippen LogP contribution in [0.4, 0.5) is 0 Å². The maximum absolute atomic E-state index is 9.04. The molecule has 5 heteroatoms. The molecule has 1 atom stereocenters. The van der Waals surface area contributed by atoms with E-state index in [4.69, 9.17) is 16.9 Å². The van der Waals surface area contributed by atoms with Gasteiger partial charge in [0.1, 0.15) is 5.15 Å². The third kappa shape index (κ3) is 2.75. The molecule has 4 nitrogen and oxygen atoms in total. The van der Waals surface area contributed by atoms with Crippen molar-refractivity contribution < 1.29 is 0 Å². The summed E-state index contributed by atoms with van der Waals surface area (Å²) in [7, 11) is 1.88. The van der Waals surface area contributed by atoms with Gasteiger partial charge in [-0.05, 0) is 44.0 Å². The Kier molecular flexibility index (Phi) is 4.19. The molecule has 0 radical (unpaired) electrons. The highest BCUT2D eigenvalue weighted by atomic mass is 35.5. The van der Waals surface area contributed by atoms with Crippen LogP contribution in [0.25, 0.3) is 0 Å². The van der Waals surface area contributed by atoms with Gasteiger partial charge in [0.25, 0.3) is 0 Å². The average Bonchev–Trinajstić information content (AvgIpc) is 3.04. The number of nitriles is 1. The Bertz CT molecular complexity index is 729. The molecule has 0 aliphatic carbocycles. The second-order valence-electron chi connectivity index (χ2n) is 5.85. The summed E-state index contributed by atoms with van der Waals surface area (Å²) >= 11 is 6.44. The van der Waals surface area contributed by atoms with Crippen LogP contribution in [0.3, 0.4) is 0 Å². The van der Waals surface area contributed by atoms with Crippen molar-refractivity contribution in [3.05, 3.63) is 51.8 Å². The van der Waals surface area contributed by atoms with Gasteiger partial charge in [-0.3, -0.25) is 9.58 Å². The van der Waals surface area contributed by atoms with E-state index in [0.29, 0.717) is 11.6 Å². The lowest BCUT2D eigenvalue weighted by Gasteiger charge is -2.24. The Hall–Kier alpha value is -1.83. The minimum atomic E-state index is 0.312. The second kappa shape index (κ2) is 6.12. The highest BCUT2D eigenvalue weighted by Crippen LogP contribution is 2.38. The van der Waals surface area contributed by atoms with Crippen LogP contribution in [0, 0.1) is 18.3 Å². The molecule has 0 spiro atoms. The molecule has 0 amide bonds. The smallest absolute Gasteiger partial charge is 0.131 e. The summed E-state index contributed by atoms with van der Waals surface area (Å²) < 4.78 is 1.75. The zero-order chi connectivity index (χ0) is 15.7. The van der Waals surface area contributed by atoms with Gasteiger partial charge in [-0.2, -0.15) is 10.4 Å². The van der Waals surface area contributed by atoms with Crippen LogP contribution in [-0.4, -0.2) is 21.2 Å². The van der Waals surface area contributed by atoms with Gasteiger partial charge < -0.3 is 0 Å². The SMILES string of the molecule is Cc1nn(C)c(Cl)c1[C@@H]1CCCN1Cc1cccc(C#N)c1. The van der Waals surface area contributed by atoms with E-state index in [0.717, 1.165) is 42.3 Å². The maximum Gasteiger partial charge on any atom is 0.131 e. The van der Waals surface area contributed by atoms with Gasteiger partial charge in [0.05, 0.1) is 17.3 Å². The lowest BCUT2D eigenvalue weighted by atomic mass is 10.0. The molecule has 114 valence electrons. The van der Waals surface area contributed by atoms with Crippen molar-refractivity contribution >= 4 is 11.6 Å². The van der Waals surface area contributed by atoms with Gasteiger partial charge in [0.2, 0.25) is 0 Å². The molecule has 0 unspecified atom stereocenters. The molecule has 1 aromatic carbocycles. The van der Waals surface area contributed by atoms with Crippen LogP contribution in [0.5, 0.6) is 0 Å². The Morgan fingerprint density at radius 1 is 1.45 bits per heavy atom. The van der Waals surface area contributed by atoms with Crippen LogP contribution >= 0.6 is 11.6 Å². The Morgan fingerprint density at radius 2 is 2.27 bits per heavy atom. The fourth-order valence-electron chi connectivity index (χ4n) is 3.34. The number of aryl methyl sites for hydroxylation is 2. The van der Waals surface area contributed by atoms with Crippen molar-refractivity contribution in [2.24, 2.45) is 7.05 Å². The number of benzene rings is 1. The molecule has 1 saturated heterocycles. The summed E-state index contributed by atoms with van der Waals surface area (Å²) in [5.41, 5.74) is 4.04. The summed E-state index contributed by atoms with van der Waals surface area (Å²) in [6.45, 7) is 3.91. The fraction of sp³-hybridized carbons (Fsp3) is 0.412. The third-order valence-electron chi connectivity index (χ3n) is 4.33. The Labute approximate surface area is 135 Å². The molecule has 0 saturated carbocycles. The van der Waals surface area contributed by atoms with Crippen LogP contribution < -0.4 is 0 Å². The van der Waals surface area contributed by atoms with Crippen molar-refractivity contribution in [2.75, 3.05) is 6.54 Å². The van der Waals surface area contributed by atoms with Crippen LogP contribution in [0.2, 0.25) is 5.15 Å². The minimum absolute atomic E-state index is 0.312. The van der Waals surface area contributed by atoms with E-state index in [-0.39, 0.29) is 0 Å². The topological polar surface area (TPSA) is 44.9 Å². The summed E-state index contributed by atoms with van der Waals surface area (Å²) in [5.74, 6) is 0. The lowest BCUT2D eigenvalue weighted by Crippen LogP contribution is -2.23. The molecule has 1 aliphatic rings. The van der Waals surface area contributed by atoms with Gasteiger partial charge in [-0.25, -0.2) is 0 Å². The van der Waals surface area contributed by atoms with Crippen molar-refractivity contribution in [3.63, 3.8) is 0 Å². The summed E-state index contributed by atoms with van der Waals surface area (Å²) in [5, 5.41) is 14.2. The first-order valence-corrected chi connectivity index (χ1v) is 7.90. The summed E-state index contributed by atoms with van der Waals surface area (Å²) in [4.78, 5) is 2.44. The zero-order valence-corrected chi connectivity index (χ0v) is 13.6. The first kappa shape index (κ1) is 15.1. The van der Waals surface area contributed by atoms with Gasteiger partial charge in [0.15, 0.2) is 0 Å². The van der Waals surface area contributed by atoms with Crippen molar-refractivity contribution in [1.29, 1.82) is 5.26 Å². The van der Waals surface area contributed by atoms with Gasteiger partial charge in [0, 0.05) is 25.2 Å². The highest BCUT2D eigenvalue weighted by molar-refractivity contribution is 6.30. The quantitative estimate of drug-likeness (QED) is 0.869. The predicted molar refractivity (Wildman–Crippen MR) is 86.5 cm³/mol. The molecule has 2 aromatic rings. The normalized spacial score (nSPS) is 18.5. The molecule has 22 heavy (non-hydrogen) atoms.